The van der Waals surface area contributed by atoms with Crippen molar-refractivity contribution in [1.29, 1.82) is 0 Å². The van der Waals surface area contributed by atoms with E-state index in [1.807, 2.05) is 0 Å². The van der Waals surface area contributed by atoms with Crippen LogP contribution in [0.4, 0.5) is 5.69 Å². The summed E-state index contributed by atoms with van der Waals surface area (Å²) in [6.07, 6.45) is 1.27. The number of benzene rings is 1. The van der Waals surface area contributed by atoms with Crippen LogP contribution in [0.5, 0.6) is 0 Å². The molecule has 1 atom stereocenters. The highest BCUT2D eigenvalue weighted by atomic mass is 16.5. The van der Waals surface area contributed by atoms with E-state index in [1.54, 1.807) is 24.3 Å². The van der Waals surface area contributed by atoms with Crippen LogP contribution in [-0.2, 0) is 9.53 Å². The van der Waals surface area contributed by atoms with Crippen LogP contribution in [0.2, 0.25) is 0 Å². The molecule has 6 heteroatoms. The van der Waals surface area contributed by atoms with E-state index in [1.165, 1.54) is 0 Å². The van der Waals surface area contributed by atoms with Gasteiger partial charge < -0.3 is 15.4 Å². The molecule has 6 nitrogen and oxygen atoms in total. The fourth-order valence-corrected chi connectivity index (χ4v) is 3.26. The maximum atomic E-state index is 12.4. The molecule has 1 aromatic carbocycles. The van der Waals surface area contributed by atoms with Gasteiger partial charge in [-0.1, -0.05) is 6.07 Å². The molecule has 144 valence electrons. The van der Waals surface area contributed by atoms with Gasteiger partial charge in [-0.15, -0.1) is 0 Å². The molecular weight excluding hydrogens is 330 g/mol. The maximum Gasteiger partial charge on any atom is 0.253 e. The second kappa shape index (κ2) is 9.69. The molecule has 1 saturated heterocycles. The number of rotatable bonds is 8. The molecular formula is C20H31N3O3. The number of nitrogens with one attached hydrogen (secondary N) is 2. The lowest BCUT2D eigenvalue weighted by atomic mass is 10.1. The number of nitrogens with zero attached hydrogens (tertiary/aromatic N) is 1. The first-order valence-electron chi connectivity index (χ1n) is 9.45. The Kier molecular flexibility index (Phi) is 7.60. The molecule has 1 fully saturated rings. The Morgan fingerprint density at radius 1 is 1.23 bits per heavy atom. The predicted molar refractivity (Wildman–Crippen MR) is 103 cm³/mol. The molecule has 1 aromatic rings. The summed E-state index contributed by atoms with van der Waals surface area (Å²) in [7, 11) is 0. The molecule has 2 amide bonds. The van der Waals surface area contributed by atoms with Crippen LogP contribution in [0.15, 0.2) is 24.3 Å². The number of hydrogen-bond donors (Lipinski definition) is 2. The quantitative estimate of drug-likeness (QED) is 0.747. The topological polar surface area (TPSA) is 70.7 Å². The first-order valence-corrected chi connectivity index (χ1v) is 9.45. The molecule has 0 aromatic heterocycles. The van der Waals surface area contributed by atoms with Gasteiger partial charge in [-0.25, -0.2) is 0 Å². The van der Waals surface area contributed by atoms with Crippen molar-refractivity contribution >= 4 is 17.5 Å². The predicted octanol–water partition coefficient (Wildman–Crippen LogP) is 2.65. The van der Waals surface area contributed by atoms with Crippen molar-refractivity contribution in [3.8, 4) is 0 Å². The zero-order chi connectivity index (χ0) is 19.1. The standard InChI is InChI=1S/C20H31N3O3/c1-14(2)23(15(3)4)11-10-21-19(24)16-7-5-8-17(13-16)22-20(25)18-9-6-12-26-18/h5,7-8,13-15,18H,6,9-12H2,1-4H3,(H,21,24)(H,22,25). The Hall–Kier alpha value is -1.92. The third kappa shape index (κ3) is 5.81. The van der Waals surface area contributed by atoms with Gasteiger partial charge in [0.25, 0.3) is 11.8 Å². The number of carbonyl (C=O) groups is 2. The van der Waals surface area contributed by atoms with Gasteiger partial charge in [0, 0.05) is 43.0 Å². The minimum absolute atomic E-state index is 0.134. The average molecular weight is 361 g/mol. The zero-order valence-electron chi connectivity index (χ0n) is 16.2. The monoisotopic (exact) mass is 361 g/mol. The zero-order valence-corrected chi connectivity index (χ0v) is 16.2. The average Bonchev–Trinajstić information content (AvgIpc) is 3.12. The summed E-state index contributed by atoms with van der Waals surface area (Å²) in [5.41, 5.74) is 1.15. The molecule has 0 aliphatic carbocycles. The number of ether oxygens (including phenoxy) is 1. The molecule has 2 N–H and O–H groups in total. The van der Waals surface area contributed by atoms with Gasteiger partial charge in [0.15, 0.2) is 0 Å². The van der Waals surface area contributed by atoms with Crippen LogP contribution in [0, 0.1) is 0 Å². The van der Waals surface area contributed by atoms with Crippen molar-refractivity contribution in [2.75, 3.05) is 25.0 Å². The largest absolute Gasteiger partial charge is 0.368 e. The van der Waals surface area contributed by atoms with Crippen molar-refractivity contribution in [1.82, 2.24) is 10.2 Å². The first-order chi connectivity index (χ1) is 12.4. The number of carbonyl (C=O) groups excluding carboxylic acids is 2. The Morgan fingerprint density at radius 2 is 1.96 bits per heavy atom. The summed E-state index contributed by atoms with van der Waals surface area (Å²) in [4.78, 5) is 26.9. The van der Waals surface area contributed by atoms with Crippen molar-refractivity contribution < 1.29 is 14.3 Å². The third-order valence-corrected chi connectivity index (χ3v) is 4.60. The Labute approximate surface area is 156 Å². The minimum Gasteiger partial charge on any atom is -0.368 e. The van der Waals surface area contributed by atoms with E-state index < -0.39 is 0 Å². The van der Waals surface area contributed by atoms with Crippen LogP contribution in [-0.4, -0.2) is 54.6 Å². The van der Waals surface area contributed by atoms with E-state index in [0.29, 0.717) is 36.5 Å². The van der Waals surface area contributed by atoms with Crippen molar-refractivity contribution in [2.24, 2.45) is 0 Å². The van der Waals surface area contributed by atoms with E-state index in [4.69, 9.17) is 4.74 Å². The van der Waals surface area contributed by atoms with Gasteiger partial charge in [-0.05, 0) is 58.7 Å². The first kappa shape index (κ1) is 20.4. The number of hydrogen-bond acceptors (Lipinski definition) is 4. The van der Waals surface area contributed by atoms with Crippen molar-refractivity contribution in [2.45, 2.75) is 58.7 Å². The summed E-state index contributed by atoms with van der Waals surface area (Å²) < 4.78 is 5.38. The van der Waals surface area contributed by atoms with Crippen molar-refractivity contribution in [3.63, 3.8) is 0 Å². The summed E-state index contributed by atoms with van der Waals surface area (Å²) >= 11 is 0. The van der Waals surface area contributed by atoms with Crippen LogP contribution in [0.3, 0.4) is 0 Å². The highest BCUT2D eigenvalue weighted by Crippen LogP contribution is 2.16. The van der Waals surface area contributed by atoms with E-state index in [-0.39, 0.29) is 17.9 Å². The normalized spacial score (nSPS) is 17.1. The lowest BCUT2D eigenvalue weighted by molar-refractivity contribution is -0.124. The molecule has 26 heavy (non-hydrogen) atoms. The summed E-state index contributed by atoms with van der Waals surface area (Å²) in [6, 6.07) is 7.87. The van der Waals surface area contributed by atoms with Gasteiger partial charge in [-0.2, -0.15) is 0 Å². The molecule has 0 saturated carbocycles. The second-order valence-corrected chi connectivity index (χ2v) is 7.25. The number of anilines is 1. The summed E-state index contributed by atoms with van der Waals surface area (Å²) in [5, 5.41) is 5.79. The molecule has 0 bridgehead atoms. The van der Waals surface area contributed by atoms with Gasteiger partial charge in [0.05, 0.1) is 0 Å². The fraction of sp³-hybridized carbons (Fsp3) is 0.600. The Balaban J connectivity index is 1.88. The Bertz CT molecular complexity index is 602. The smallest absolute Gasteiger partial charge is 0.253 e. The summed E-state index contributed by atoms with van der Waals surface area (Å²) in [6.45, 7) is 10.6. The second-order valence-electron chi connectivity index (χ2n) is 7.25. The third-order valence-electron chi connectivity index (χ3n) is 4.60. The maximum absolute atomic E-state index is 12.4. The van der Waals surface area contributed by atoms with Crippen LogP contribution in [0.25, 0.3) is 0 Å². The van der Waals surface area contributed by atoms with Crippen LogP contribution >= 0.6 is 0 Å². The van der Waals surface area contributed by atoms with E-state index >= 15 is 0 Å². The SMILES string of the molecule is CC(C)N(CCNC(=O)c1cccc(NC(=O)C2CCCO2)c1)C(C)C. The number of amides is 2. The molecule has 2 rings (SSSR count). The molecule has 1 unspecified atom stereocenters. The van der Waals surface area contributed by atoms with E-state index in [2.05, 4.69) is 43.2 Å². The minimum atomic E-state index is -0.384. The highest BCUT2D eigenvalue weighted by Gasteiger charge is 2.23. The van der Waals surface area contributed by atoms with Crippen molar-refractivity contribution in [3.05, 3.63) is 29.8 Å². The van der Waals surface area contributed by atoms with Gasteiger partial charge in [0.1, 0.15) is 6.10 Å². The van der Waals surface area contributed by atoms with E-state index in [9.17, 15) is 9.59 Å². The molecule has 1 aliphatic rings. The lowest BCUT2D eigenvalue weighted by Crippen LogP contribution is -2.42. The molecule has 0 spiro atoms. The molecule has 0 radical (unpaired) electrons. The lowest BCUT2D eigenvalue weighted by Gasteiger charge is -2.30. The van der Waals surface area contributed by atoms with Crippen LogP contribution in [0.1, 0.15) is 50.9 Å². The molecule has 1 heterocycles. The Morgan fingerprint density at radius 3 is 2.58 bits per heavy atom. The van der Waals surface area contributed by atoms with Gasteiger partial charge in [-0.3, -0.25) is 14.5 Å². The van der Waals surface area contributed by atoms with Gasteiger partial charge >= 0.3 is 0 Å². The highest BCUT2D eigenvalue weighted by molar-refractivity contribution is 5.98. The van der Waals surface area contributed by atoms with Crippen LogP contribution < -0.4 is 10.6 Å². The van der Waals surface area contributed by atoms with Gasteiger partial charge in [0.2, 0.25) is 0 Å². The van der Waals surface area contributed by atoms with E-state index in [0.717, 1.165) is 19.4 Å². The molecule has 1 aliphatic heterocycles. The fourth-order valence-electron chi connectivity index (χ4n) is 3.26. The summed E-state index contributed by atoms with van der Waals surface area (Å²) in [5.74, 6) is -0.282.